The number of nitrogens with zero attached hydrogens (tertiary/aromatic N) is 4. The summed E-state index contributed by atoms with van der Waals surface area (Å²) in [5.74, 6) is 0.681. The largest absolute Gasteiger partial charge is 0.353 e. The third-order valence-electron chi connectivity index (χ3n) is 5.07. The van der Waals surface area contributed by atoms with Crippen LogP contribution in [0.5, 0.6) is 0 Å². The molecule has 0 unspecified atom stereocenters. The number of halogens is 2. The number of allylic oxidation sites excluding steroid dienone is 2. The maximum absolute atomic E-state index is 12.3. The molecule has 0 bridgehead atoms. The first kappa shape index (κ1) is 28.3. The fraction of sp³-hybridized carbons (Fsp3) is 0.400. The number of fused-ring (bicyclic) bond motifs is 1. The van der Waals surface area contributed by atoms with Gasteiger partial charge in [-0.25, -0.2) is 9.98 Å². The molecule has 0 amide bonds. The van der Waals surface area contributed by atoms with Crippen molar-refractivity contribution in [2.45, 2.75) is 60.8 Å². The van der Waals surface area contributed by atoms with E-state index in [2.05, 4.69) is 39.6 Å². The van der Waals surface area contributed by atoms with Gasteiger partial charge in [-0.3, -0.25) is 14.3 Å². The Labute approximate surface area is 215 Å². The molecule has 0 radical (unpaired) electrons. The van der Waals surface area contributed by atoms with E-state index in [4.69, 9.17) is 23.2 Å². The van der Waals surface area contributed by atoms with Gasteiger partial charge in [-0.1, -0.05) is 64.7 Å². The highest BCUT2D eigenvalue weighted by atomic mass is 35.5. The quantitative estimate of drug-likeness (QED) is 0.307. The lowest BCUT2D eigenvalue weighted by Crippen LogP contribution is -2.36. The first-order valence-electron chi connectivity index (χ1n) is 11.7. The molecule has 3 heterocycles. The van der Waals surface area contributed by atoms with Crippen molar-refractivity contribution in [1.29, 1.82) is 0 Å². The Morgan fingerprint density at radius 1 is 1.03 bits per heavy atom. The predicted molar refractivity (Wildman–Crippen MR) is 148 cm³/mol. The Kier molecular flexibility index (Phi) is 9.80. The highest BCUT2D eigenvalue weighted by Gasteiger charge is 2.24. The number of rotatable bonds is 5. The van der Waals surface area contributed by atoms with Crippen molar-refractivity contribution in [3.8, 4) is 0 Å². The van der Waals surface area contributed by atoms with Crippen molar-refractivity contribution in [3.63, 3.8) is 0 Å². The van der Waals surface area contributed by atoms with Gasteiger partial charge in [0.05, 0.1) is 5.69 Å². The van der Waals surface area contributed by atoms with Crippen LogP contribution in [0.4, 0.5) is 17.2 Å². The standard InChI is InChI=1S/C21H20Cl2N6O2.2C2H6/c1-9(2)12-8-15(27-21-16(12)10(3)28-29(21)4)26-18-17(19(30)20(18)31)24-11-5-6-13(22)25-14(23)7-11;2*1-2/h6-9,24H,5H2,1-4H3,(H,26,27);2*1-2H3. The van der Waals surface area contributed by atoms with Crippen LogP contribution in [-0.4, -0.2) is 19.9 Å². The van der Waals surface area contributed by atoms with Gasteiger partial charge in [-0.05, 0) is 36.6 Å². The van der Waals surface area contributed by atoms with Gasteiger partial charge in [0.25, 0.3) is 10.9 Å². The second kappa shape index (κ2) is 12.1. The van der Waals surface area contributed by atoms with Crippen LogP contribution in [0.15, 0.2) is 43.7 Å². The molecule has 1 aromatic carbocycles. The molecule has 8 nitrogen and oxygen atoms in total. The van der Waals surface area contributed by atoms with E-state index in [1.165, 1.54) is 0 Å². The average molecular weight is 519 g/mol. The number of aliphatic imine (C=N–C) groups is 1. The molecule has 1 aliphatic rings. The van der Waals surface area contributed by atoms with Crippen molar-refractivity contribution < 1.29 is 0 Å². The zero-order chi connectivity index (χ0) is 26.4. The van der Waals surface area contributed by atoms with E-state index >= 15 is 0 Å². The molecule has 3 aromatic rings. The second-order valence-corrected chi connectivity index (χ2v) is 8.43. The number of hydrogen-bond donors (Lipinski definition) is 2. The van der Waals surface area contributed by atoms with Crippen molar-refractivity contribution in [2.24, 2.45) is 12.0 Å². The summed E-state index contributed by atoms with van der Waals surface area (Å²) in [5.41, 5.74) is 2.32. The van der Waals surface area contributed by atoms with Crippen LogP contribution < -0.4 is 21.5 Å². The van der Waals surface area contributed by atoms with Gasteiger partial charge in [0.2, 0.25) is 0 Å². The molecular weight excluding hydrogens is 487 g/mol. The molecule has 4 rings (SSSR count). The molecule has 0 spiro atoms. The van der Waals surface area contributed by atoms with E-state index in [1.807, 2.05) is 47.7 Å². The van der Waals surface area contributed by atoms with Gasteiger partial charge in [0, 0.05) is 24.6 Å². The highest BCUT2D eigenvalue weighted by molar-refractivity contribution is 6.68. The van der Waals surface area contributed by atoms with E-state index in [9.17, 15) is 9.59 Å². The Hall–Kier alpha value is -2.97. The van der Waals surface area contributed by atoms with Crippen LogP contribution in [0.2, 0.25) is 0 Å². The minimum atomic E-state index is -0.614. The van der Waals surface area contributed by atoms with Crippen LogP contribution in [0, 0.1) is 6.92 Å². The van der Waals surface area contributed by atoms with E-state index in [0.29, 0.717) is 23.6 Å². The first-order valence-corrected chi connectivity index (χ1v) is 12.4. The Morgan fingerprint density at radius 2 is 1.63 bits per heavy atom. The SMILES string of the molecule is CC.CC.Cc1nn(C)c2nc(Nc3c(NC4=CC(Cl)=NC(Cl)=CC4)c(=O)c3=O)cc(C(C)C)c12. The molecule has 0 fully saturated rings. The summed E-state index contributed by atoms with van der Waals surface area (Å²) in [7, 11) is 1.82. The molecule has 2 aromatic heterocycles. The van der Waals surface area contributed by atoms with Crippen LogP contribution in [-0.2, 0) is 7.05 Å². The van der Waals surface area contributed by atoms with Gasteiger partial charge < -0.3 is 10.6 Å². The van der Waals surface area contributed by atoms with Gasteiger partial charge in [0.1, 0.15) is 27.5 Å². The summed E-state index contributed by atoms with van der Waals surface area (Å²) >= 11 is 11.9. The first-order chi connectivity index (χ1) is 16.7. The number of nitrogens with one attached hydrogen (secondary N) is 2. The van der Waals surface area contributed by atoms with Crippen LogP contribution in [0.1, 0.15) is 65.1 Å². The molecule has 0 saturated heterocycles. The second-order valence-electron chi connectivity index (χ2n) is 7.65. The van der Waals surface area contributed by atoms with Crippen LogP contribution in [0.25, 0.3) is 11.0 Å². The summed E-state index contributed by atoms with van der Waals surface area (Å²) in [5, 5.41) is 11.9. The van der Waals surface area contributed by atoms with E-state index in [0.717, 1.165) is 16.6 Å². The molecule has 35 heavy (non-hydrogen) atoms. The average Bonchev–Trinajstić information content (AvgIpc) is 3.02. The number of aromatic nitrogens is 3. The van der Waals surface area contributed by atoms with E-state index in [1.54, 1.807) is 16.8 Å². The van der Waals surface area contributed by atoms with Crippen molar-refractivity contribution in [1.82, 2.24) is 14.8 Å². The molecular formula is C25H32Cl2N6O2. The normalized spacial score (nSPS) is 13.2. The number of anilines is 3. The lowest BCUT2D eigenvalue weighted by molar-refractivity contribution is 0.774. The number of pyridine rings is 1. The Morgan fingerprint density at radius 3 is 2.23 bits per heavy atom. The summed E-state index contributed by atoms with van der Waals surface area (Å²) in [4.78, 5) is 33.1. The minimum Gasteiger partial charge on any atom is -0.353 e. The van der Waals surface area contributed by atoms with Gasteiger partial charge >= 0.3 is 0 Å². The van der Waals surface area contributed by atoms with Crippen molar-refractivity contribution >= 4 is 56.6 Å². The maximum atomic E-state index is 12.3. The summed E-state index contributed by atoms with van der Waals surface area (Å²) in [6.45, 7) is 14.1. The lowest BCUT2D eigenvalue weighted by Gasteiger charge is -2.17. The molecule has 0 atom stereocenters. The van der Waals surface area contributed by atoms with Gasteiger partial charge in [0.15, 0.2) is 5.65 Å². The summed E-state index contributed by atoms with van der Waals surface area (Å²) in [6.07, 6.45) is 3.60. The van der Waals surface area contributed by atoms with Crippen molar-refractivity contribution in [3.05, 3.63) is 60.8 Å². The van der Waals surface area contributed by atoms with Gasteiger partial charge in [-0.2, -0.15) is 5.10 Å². The molecule has 0 saturated carbocycles. The zero-order valence-corrected chi connectivity index (χ0v) is 22.9. The molecule has 2 N–H and O–H groups in total. The third kappa shape index (κ3) is 6.00. The monoisotopic (exact) mass is 518 g/mol. The fourth-order valence-corrected chi connectivity index (χ4v) is 4.01. The molecule has 0 aliphatic carbocycles. The van der Waals surface area contributed by atoms with E-state index < -0.39 is 10.9 Å². The fourth-order valence-electron chi connectivity index (χ4n) is 3.58. The number of hydrogen-bond acceptors (Lipinski definition) is 7. The highest BCUT2D eigenvalue weighted by Crippen LogP contribution is 2.31. The van der Waals surface area contributed by atoms with Crippen LogP contribution >= 0.6 is 23.2 Å². The molecule has 188 valence electrons. The van der Waals surface area contributed by atoms with E-state index in [-0.39, 0.29) is 27.6 Å². The smallest absolute Gasteiger partial charge is 0.253 e. The summed E-state index contributed by atoms with van der Waals surface area (Å²) in [6, 6.07) is 1.89. The summed E-state index contributed by atoms with van der Waals surface area (Å²) < 4.78 is 1.71. The maximum Gasteiger partial charge on any atom is 0.253 e. The van der Waals surface area contributed by atoms with Crippen molar-refractivity contribution in [2.75, 3.05) is 10.6 Å². The minimum absolute atomic E-state index is 0.152. The van der Waals surface area contributed by atoms with Gasteiger partial charge in [-0.15, -0.1) is 0 Å². The molecule has 1 aliphatic heterocycles. The number of aryl methyl sites for hydroxylation is 2. The van der Waals surface area contributed by atoms with Crippen LogP contribution in [0.3, 0.4) is 0 Å². The Bertz CT molecular complexity index is 1380. The third-order valence-corrected chi connectivity index (χ3v) is 5.50. The Balaban J connectivity index is 0.00000103. The topological polar surface area (TPSA) is 101 Å². The predicted octanol–water partition coefficient (Wildman–Crippen LogP) is 6.21. The lowest BCUT2D eigenvalue weighted by atomic mass is 9.99. The molecule has 10 heteroatoms. The zero-order valence-electron chi connectivity index (χ0n) is 21.4.